The first-order valence-electron chi connectivity index (χ1n) is 14.0. The van der Waals surface area contributed by atoms with Crippen LogP contribution in [0.15, 0.2) is 93.7 Å². The molecule has 6 rings (SSSR count). The van der Waals surface area contributed by atoms with E-state index in [1.807, 2.05) is 54.6 Å². The molecule has 5 nitrogen and oxygen atoms in total. The normalized spacial score (nSPS) is 17.5. The van der Waals surface area contributed by atoms with Gasteiger partial charge in [-0.2, -0.15) is 0 Å². The van der Waals surface area contributed by atoms with Crippen molar-refractivity contribution in [2.45, 2.75) is 57.6 Å². The fraction of sp³-hybridized carbons (Fsp3) is 0.294. The summed E-state index contributed by atoms with van der Waals surface area (Å²) in [5, 5.41) is 0.632. The Kier molecular flexibility index (Phi) is 8.05. The van der Waals surface area contributed by atoms with E-state index in [1.54, 1.807) is 7.11 Å². The lowest BCUT2D eigenvalue weighted by atomic mass is 9.71. The number of hydrogen-bond acceptors (Lipinski definition) is 5. The van der Waals surface area contributed by atoms with Crippen LogP contribution in [0.5, 0.6) is 11.5 Å². The van der Waals surface area contributed by atoms with E-state index >= 15 is 0 Å². The number of methoxy groups -OCH3 is 1. The Morgan fingerprint density at radius 3 is 2.15 bits per heavy atom. The molecular formula is C34H31BrClNO4. The van der Waals surface area contributed by atoms with Gasteiger partial charge in [-0.1, -0.05) is 60.1 Å². The molecule has 0 bridgehead atoms. The van der Waals surface area contributed by atoms with Crippen LogP contribution in [0.1, 0.15) is 61.1 Å². The van der Waals surface area contributed by atoms with Crippen LogP contribution in [-0.2, 0) is 22.7 Å². The molecule has 0 saturated heterocycles. The number of benzene rings is 3. The van der Waals surface area contributed by atoms with Gasteiger partial charge in [0.05, 0.1) is 11.6 Å². The number of rotatable bonds is 7. The predicted molar refractivity (Wildman–Crippen MR) is 163 cm³/mol. The number of Topliss-reactive ketones (excluding diaryl/α,β-unsaturated/α-hetero) is 2. The first kappa shape index (κ1) is 27.8. The van der Waals surface area contributed by atoms with E-state index in [0.717, 1.165) is 64.9 Å². The maximum atomic E-state index is 13.7. The maximum absolute atomic E-state index is 13.7. The summed E-state index contributed by atoms with van der Waals surface area (Å²) in [7, 11) is 1.60. The minimum Gasteiger partial charge on any atom is -0.493 e. The van der Waals surface area contributed by atoms with Gasteiger partial charge in [0.2, 0.25) is 0 Å². The summed E-state index contributed by atoms with van der Waals surface area (Å²) in [6.45, 7) is 0.918. The minimum atomic E-state index is -0.435. The molecule has 3 aliphatic rings. The summed E-state index contributed by atoms with van der Waals surface area (Å²) >= 11 is 10.1. The zero-order chi connectivity index (χ0) is 28.5. The second-order valence-electron chi connectivity index (χ2n) is 10.7. The van der Waals surface area contributed by atoms with Gasteiger partial charge >= 0.3 is 0 Å². The fourth-order valence-corrected chi connectivity index (χ4v) is 7.08. The summed E-state index contributed by atoms with van der Waals surface area (Å²) in [6.07, 6.45) is 4.23. The first-order chi connectivity index (χ1) is 20.0. The van der Waals surface area contributed by atoms with E-state index in [-0.39, 0.29) is 18.2 Å². The highest BCUT2D eigenvalue weighted by Crippen LogP contribution is 2.51. The van der Waals surface area contributed by atoms with Gasteiger partial charge in [-0.3, -0.25) is 9.59 Å². The molecule has 3 aromatic carbocycles. The van der Waals surface area contributed by atoms with Gasteiger partial charge in [-0.15, -0.1) is 0 Å². The third kappa shape index (κ3) is 5.35. The van der Waals surface area contributed by atoms with E-state index in [2.05, 4.69) is 33.0 Å². The zero-order valence-corrected chi connectivity index (χ0v) is 25.3. The molecule has 2 aliphatic carbocycles. The van der Waals surface area contributed by atoms with Crippen LogP contribution in [0.3, 0.4) is 0 Å². The number of allylic oxidation sites excluding steroid dienone is 4. The number of carbonyl (C=O) groups excluding carboxylic acids is 2. The largest absolute Gasteiger partial charge is 0.493 e. The van der Waals surface area contributed by atoms with Gasteiger partial charge in [0.1, 0.15) is 6.61 Å². The number of nitrogens with zero attached hydrogens (tertiary/aromatic N) is 1. The standard InChI is InChI=1S/C34H31BrClNO4/c1-40-30-18-23(17-24(35)34(30)41-20-22-11-5-6-12-25(22)36)31-32-26(13-7-15-28(32)38)37(19-21-9-3-2-4-10-21)27-14-8-16-29(39)33(27)31/h2-6,9-12,17-18,31H,7-8,13-16,19-20H2,1H3. The van der Waals surface area contributed by atoms with Crippen molar-refractivity contribution >= 4 is 39.1 Å². The molecule has 0 amide bonds. The molecule has 3 aromatic rings. The van der Waals surface area contributed by atoms with Crippen LogP contribution in [0, 0.1) is 0 Å². The maximum Gasteiger partial charge on any atom is 0.175 e. The van der Waals surface area contributed by atoms with Crippen LogP contribution < -0.4 is 9.47 Å². The summed E-state index contributed by atoms with van der Waals surface area (Å²) in [6, 6.07) is 21.7. The van der Waals surface area contributed by atoms with Crippen molar-refractivity contribution in [1.82, 2.24) is 4.90 Å². The van der Waals surface area contributed by atoms with E-state index in [0.29, 0.717) is 40.4 Å². The lowest BCUT2D eigenvalue weighted by Gasteiger charge is -2.44. The molecule has 0 unspecified atom stereocenters. The average molecular weight is 633 g/mol. The van der Waals surface area contributed by atoms with Crippen LogP contribution >= 0.6 is 27.5 Å². The number of hydrogen-bond donors (Lipinski definition) is 0. The Morgan fingerprint density at radius 1 is 0.878 bits per heavy atom. The summed E-state index contributed by atoms with van der Waals surface area (Å²) in [4.78, 5) is 29.7. The van der Waals surface area contributed by atoms with Gasteiger partial charge in [-0.25, -0.2) is 0 Å². The monoisotopic (exact) mass is 631 g/mol. The van der Waals surface area contributed by atoms with Crippen molar-refractivity contribution in [1.29, 1.82) is 0 Å². The Balaban J connectivity index is 1.45. The van der Waals surface area contributed by atoms with Crippen LogP contribution in [-0.4, -0.2) is 23.6 Å². The molecule has 0 fully saturated rings. The highest BCUT2D eigenvalue weighted by molar-refractivity contribution is 9.10. The second kappa shape index (κ2) is 11.9. The topological polar surface area (TPSA) is 55.8 Å². The molecule has 1 heterocycles. The first-order valence-corrected chi connectivity index (χ1v) is 15.2. The quantitative estimate of drug-likeness (QED) is 0.262. The van der Waals surface area contributed by atoms with E-state index in [4.69, 9.17) is 21.1 Å². The van der Waals surface area contributed by atoms with Crippen molar-refractivity contribution in [3.63, 3.8) is 0 Å². The van der Waals surface area contributed by atoms with Crippen molar-refractivity contribution in [2.75, 3.05) is 7.11 Å². The Hall–Kier alpha value is -3.35. The molecular weight excluding hydrogens is 602 g/mol. The van der Waals surface area contributed by atoms with E-state index in [9.17, 15) is 9.59 Å². The Bertz CT molecular complexity index is 1530. The lowest BCUT2D eigenvalue weighted by molar-refractivity contribution is -0.117. The molecule has 0 N–H and O–H groups in total. The second-order valence-corrected chi connectivity index (χ2v) is 12.0. The van der Waals surface area contributed by atoms with Crippen molar-refractivity contribution < 1.29 is 19.1 Å². The summed E-state index contributed by atoms with van der Waals surface area (Å²) in [5.74, 6) is 0.882. The number of ether oxygens (including phenoxy) is 2. The van der Waals surface area contributed by atoms with Crippen LogP contribution in [0.25, 0.3) is 0 Å². The fourth-order valence-electron chi connectivity index (χ4n) is 6.32. The van der Waals surface area contributed by atoms with Crippen molar-refractivity contribution in [3.8, 4) is 11.5 Å². The van der Waals surface area contributed by atoms with Crippen LogP contribution in [0.4, 0.5) is 0 Å². The van der Waals surface area contributed by atoms with Crippen molar-refractivity contribution in [2.24, 2.45) is 0 Å². The third-order valence-corrected chi connectivity index (χ3v) is 9.14. The molecule has 1 aliphatic heterocycles. The van der Waals surface area contributed by atoms with E-state index < -0.39 is 5.92 Å². The lowest BCUT2D eigenvalue weighted by Crippen LogP contribution is -2.38. The zero-order valence-electron chi connectivity index (χ0n) is 22.9. The highest BCUT2D eigenvalue weighted by Gasteiger charge is 2.43. The average Bonchev–Trinajstić information content (AvgIpc) is 2.98. The summed E-state index contributed by atoms with van der Waals surface area (Å²) in [5.41, 5.74) is 6.48. The third-order valence-electron chi connectivity index (χ3n) is 8.18. The molecule has 0 radical (unpaired) electrons. The Morgan fingerprint density at radius 2 is 1.51 bits per heavy atom. The molecule has 0 spiro atoms. The van der Waals surface area contributed by atoms with E-state index in [1.165, 1.54) is 0 Å². The smallest absolute Gasteiger partial charge is 0.175 e. The molecule has 0 atom stereocenters. The van der Waals surface area contributed by atoms with Gasteiger partial charge in [0.25, 0.3) is 0 Å². The minimum absolute atomic E-state index is 0.119. The van der Waals surface area contributed by atoms with Crippen LogP contribution in [0.2, 0.25) is 5.02 Å². The Labute approximate surface area is 253 Å². The molecule has 41 heavy (non-hydrogen) atoms. The summed E-state index contributed by atoms with van der Waals surface area (Å²) < 4.78 is 12.7. The highest BCUT2D eigenvalue weighted by atomic mass is 79.9. The van der Waals surface area contributed by atoms with Crippen molar-refractivity contribution in [3.05, 3.63) is 115 Å². The molecule has 7 heteroatoms. The number of carbonyl (C=O) groups is 2. The van der Waals surface area contributed by atoms with Gasteiger partial charge in [0.15, 0.2) is 23.1 Å². The molecule has 0 saturated carbocycles. The number of ketones is 2. The van der Waals surface area contributed by atoms with Gasteiger partial charge < -0.3 is 14.4 Å². The van der Waals surface area contributed by atoms with Gasteiger partial charge in [-0.05, 0) is 70.9 Å². The molecule has 0 aromatic heterocycles. The number of halogens is 2. The predicted octanol–water partition coefficient (Wildman–Crippen LogP) is 8.30. The van der Waals surface area contributed by atoms with Gasteiger partial charge in [0, 0.05) is 58.4 Å². The SMILES string of the molecule is COc1cc(C2C3=C(CCCC3=O)N(Cc3ccccc3)C3=C2C(=O)CCC3)cc(Br)c1OCc1ccccc1Cl. The molecule has 210 valence electrons.